The van der Waals surface area contributed by atoms with Crippen LogP contribution in [0.5, 0.6) is 0 Å². The second-order valence-corrected chi connectivity index (χ2v) is 4.96. The quantitative estimate of drug-likeness (QED) is 0.559. The molecule has 96 valence electrons. The van der Waals surface area contributed by atoms with E-state index in [1.54, 1.807) is 0 Å². The summed E-state index contributed by atoms with van der Waals surface area (Å²) in [4.78, 5) is 4.42. The van der Waals surface area contributed by atoms with E-state index in [9.17, 15) is 0 Å². The zero-order valence-corrected chi connectivity index (χ0v) is 11.1. The standard InChI is InChI=1S/C17H13N3/c1-11-15-10-12(7-8-17(15)20-19-11)13-4-2-6-16-14(13)5-3-9-18-16/h2-10H,1H3,(H,19,20). The molecule has 2 aromatic heterocycles. The van der Waals surface area contributed by atoms with Crippen molar-refractivity contribution in [2.45, 2.75) is 6.92 Å². The Labute approximate surface area is 116 Å². The number of fused-ring (bicyclic) bond motifs is 2. The highest BCUT2D eigenvalue weighted by molar-refractivity contribution is 5.97. The Bertz CT molecular complexity index is 916. The third-order valence-electron chi connectivity index (χ3n) is 3.70. The van der Waals surface area contributed by atoms with Gasteiger partial charge in [-0.15, -0.1) is 0 Å². The van der Waals surface area contributed by atoms with Crippen molar-refractivity contribution in [1.82, 2.24) is 15.2 Å². The molecule has 3 nitrogen and oxygen atoms in total. The summed E-state index contributed by atoms with van der Waals surface area (Å²) in [5, 5.41) is 9.65. The fourth-order valence-electron chi connectivity index (χ4n) is 2.66. The number of hydrogen-bond donors (Lipinski definition) is 1. The highest BCUT2D eigenvalue weighted by atomic mass is 15.1. The lowest BCUT2D eigenvalue weighted by atomic mass is 9.99. The summed E-state index contributed by atoms with van der Waals surface area (Å²) in [7, 11) is 0. The zero-order chi connectivity index (χ0) is 13.5. The average molecular weight is 259 g/mol. The van der Waals surface area contributed by atoms with Crippen molar-refractivity contribution in [3.8, 4) is 11.1 Å². The van der Waals surface area contributed by atoms with E-state index in [1.807, 2.05) is 25.3 Å². The lowest BCUT2D eigenvalue weighted by molar-refractivity contribution is 1.07. The molecule has 0 saturated heterocycles. The number of pyridine rings is 1. The van der Waals surface area contributed by atoms with Gasteiger partial charge in [0.05, 0.1) is 11.0 Å². The first kappa shape index (κ1) is 11.2. The minimum Gasteiger partial charge on any atom is -0.282 e. The topological polar surface area (TPSA) is 41.6 Å². The third kappa shape index (κ3) is 1.60. The number of aromatic nitrogens is 3. The van der Waals surface area contributed by atoms with Crippen LogP contribution in [0.1, 0.15) is 5.69 Å². The summed E-state index contributed by atoms with van der Waals surface area (Å²) in [6.45, 7) is 2.05. The summed E-state index contributed by atoms with van der Waals surface area (Å²) in [5.41, 5.74) is 5.53. The highest BCUT2D eigenvalue weighted by Gasteiger charge is 2.07. The average Bonchev–Trinajstić information content (AvgIpc) is 2.88. The summed E-state index contributed by atoms with van der Waals surface area (Å²) in [5.74, 6) is 0. The number of benzene rings is 2. The molecule has 0 unspecified atom stereocenters. The Morgan fingerprint density at radius 1 is 0.900 bits per heavy atom. The molecule has 0 amide bonds. The number of aryl methyl sites for hydroxylation is 1. The minimum atomic E-state index is 1.00. The van der Waals surface area contributed by atoms with E-state index in [1.165, 1.54) is 21.9 Å². The van der Waals surface area contributed by atoms with E-state index in [4.69, 9.17) is 0 Å². The Hall–Kier alpha value is -2.68. The molecule has 0 aliphatic heterocycles. The summed E-state index contributed by atoms with van der Waals surface area (Å²) in [6, 6.07) is 16.7. The summed E-state index contributed by atoms with van der Waals surface area (Å²) >= 11 is 0. The van der Waals surface area contributed by atoms with Gasteiger partial charge in [-0.1, -0.05) is 24.3 Å². The van der Waals surface area contributed by atoms with E-state index in [-0.39, 0.29) is 0 Å². The number of nitrogens with one attached hydrogen (secondary N) is 1. The van der Waals surface area contributed by atoms with Gasteiger partial charge in [-0.05, 0) is 42.3 Å². The van der Waals surface area contributed by atoms with Crippen LogP contribution < -0.4 is 0 Å². The van der Waals surface area contributed by atoms with Crippen LogP contribution in [0.3, 0.4) is 0 Å². The monoisotopic (exact) mass is 259 g/mol. The molecule has 2 aromatic carbocycles. The maximum atomic E-state index is 4.42. The molecule has 0 bridgehead atoms. The first-order chi connectivity index (χ1) is 9.83. The van der Waals surface area contributed by atoms with Crippen molar-refractivity contribution < 1.29 is 0 Å². The molecule has 1 N–H and O–H groups in total. The number of aromatic amines is 1. The van der Waals surface area contributed by atoms with E-state index in [0.29, 0.717) is 0 Å². The van der Waals surface area contributed by atoms with Gasteiger partial charge >= 0.3 is 0 Å². The molecule has 0 atom stereocenters. The van der Waals surface area contributed by atoms with Crippen molar-refractivity contribution in [3.63, 3.8) is 0 Å². The Morgan fingerprint density at radius 2 is 1.85 bits per heavy atom. The molecular weight excluding hydrogens is 246 g/mol. The van der Waals surface area contributed by atoms with Gasteiger partial charge in [-0.2, -0.15) is 5.10 Å². The number of hydrogen-bond acceptors (Lipinski definition) is 2. The molecule has 4 aromatic rings. The van der Waals surface area contributed by atoms with Gasteiger partial charge in [0, 0.05) is 22.7 Å². The van der Waals surface area contributed by atoms with E-state index in [0.717, 1.165) is 16.7 Å². The van der Waals surface area contributed by atoms with Gasteiger partial charge in [-0.25, -0.2) is 0 Å². The van der Waals surface area contributed by atoms with Crippen LogP contribution in [0, 0.1) is 6.92 Å². The van der Waals surface area contributed by atoms with Crippen molar-refractivity contribution in [2.24, 2.45) is 0 Å². The molecule has 20 heavy (non-hydrogen) atoms. The van der Waals surface area contributed by atoms with Crippen LogP contribution in [0.4, 0.5) is 0 Å². The second kappa shape index (κ2) is 4.17. The van der Waals surface area contributed by atoms with E-state index < -0.39 is 0 Å². The molecule has 0 aliphatic carbocycles. The zero-order valence-electron chi connectivity index (χ0n) is 11.1. The first-order valence-electron chi connectivity index (χ1n) is 6.62. The number of rotatable bonds is 1. The molecule has 0 spiro atoms. The lowest BCUT2D eigenvalue weighted by Gasteiger charge is -2.06. The van der Waals surface area contributed by atoms with Crippen LogP contribution in [0.2, 0.25) is 0 Å². The molecule has 4 rings (SSSR count). The maximum absolute atomic E-state index is 4.42. The van der Waals surface area contributed by atoms with Gasteiger partial charge in [0.15, 0.2) is 0 Å². The van der Waals surface area contributed by atoms with Crippen molar-refractivity contribution in [3.05, 3.63) is 60.4 Å². The Balaban J connectivity index is 2.03. The van der Waals surface area contributed by atoms with Gasteiger partial charge in [-0.3, -0.25) is 10.1 Å². The molecule has 0 radical (unpaired) electrons. The SMILES string of the molecule is Cc1[nH]nc2ccc(-c3cccc4ncccc34)cc12. The Kier molecular flexibility index (Phi) is 2.33. The predicted octanol–water partition coefficient (Wildman–Crippen LogP) is 4.09. The van der Waals surface area contributed by atoms with Crippen LogP contribution in [-0.4, -0.2) is 15.2 Å². The lowest BCUT2D eigenvalue weighted by Crippen LogP contribution is -1.83. The Morgan fingerprint density at radius 3 is 2.80 bits per heavy atom. The van der Waals surface area contributed by atoms with Gasteiger partial charge in [0.2, 0.25) is 0 Å². The van der Waals surface area contributed by atoms with Crippen molar-refractivity contribution >= 4 is 21.8 Å². The smallest absolute Gasteiger partial charge is 0.0924 e. The van der Waals surface area contributed by atoms with E-state index >= 15 is 0 Å². The van der Waals surface area contributed by atoms with Crippen LogP contribution in [0.25, 0.3) is 32.9 Å². The third-order valence-corrected chi connectivity index (χ3v) is 3.70. The number of H-pyrrole nitrogens is 1. The molecule has 3 heteroatoms. The fraction of sp³-hybridized carbons (Fsp3) is 0.0588. The van der Waals surface area contributed by atoms with Crippen LogP contribution in [-0.2, 0) is 0 Å². The molecular formula is C17H13N3. The van der Waals surface area contributed by atoms with Crippen LogP contribution >= 0.6 is 0 Å². The first-order valence-corrected chi connectivity index (χ1v) is 6.62. The predicted molar refractivity (Wildman–Crippen MR) is 81.6 cm³/mol. The highest BCUT2D eigenvalue weighted by Crippen LogP contribution is 2.30. The maximum Gasteiger partial charge on any atom is 0.0924 e. The largest absolute Gasteiger partial charge is 0.282 e. The summed E-state index contributed by atoms with van der Waals surface area (Å²) in [6.07, 6.45) is 1.83. The van der Waals surface area contributed by atoms with Crippen LogP contribution in [0.15, 0.2) is 54.7 Å². The van der Waals surface area contributed by atoms with Gasteiger partial charge < -0.3 is 0 Å². The normalized spacial score (nSPS) is 11.2. The van der Waals surface area contributed by atoms with Gasteiger partial charge in [0.25, 0.3) is 0 Å². The van der Waals surface area contributed by atoms with Crippen molar-refractivity contribution in [1.29, 1.82) is 0 Å². The van der Waals surface area contributed by atoms with Crippen molar-refractivity contribution in [2.75, 3.05) is 0 Å². The fourth-order valence-corrected chi connectivity index (χ4v) is 2.66. The molecule has 0 aliphatic rings. The second-order valence-electron chi connectivity index (χ2n) is 4.96. The van der Waals surface area contributed by atoms with Gasteiger partial charge in [0.1, 0.15) is 0 Å². The molecule has 0 fully saturated rings. The summed E-state index contributed by atoms with van der Waals surface area (Å²) < 4.78 is 0. The van der Waals surface area contributed by atoms with E-state index in [2.05, 4.69) is 51.6 Å². The molecule has 2 heterocycles. The minimum absolute atomic E-state index is 1.00. The number of nitrogens with zero attached hydrogens (tertiary/aromatic N) is 2. The molecule has 0 saturated carbocycles.